The first-order chi connectivity index (χ1) is 17.5. The molecule has 1 aliphatic rings. The van der Waals surface area contributed by atoms with Gasteiger partial charge in [0.05, 0.1) is 54.4 Å². The van der Waals surface area contributed by atoms with E-state index in [1.54, 1.807) is 33.9 Å². The van der Waals surface area contributed by atoms with E-state index in [1.165, 1.54) is 0 Å². The molecule has 37 heavy (non-hydrogen) atoms. The Bertz CT molecular complexity index is 1040. The highest BCUT2D eigenvalue weighted by atomic mass is 16.5. The number of rotatable bonds is 3. The zero-order chi connectivity index (χ0) is 27.6. The Balaban J connectivity index is 2.39. The van der Waals surface area contributed by atoms with E-state index in [1.807, 2.05) is 38.1 Å². The summed E-state index contributed by atoms with van der Waals surface area (Å²) in [5, 5.41) is 25.0. The molecule has 0 aliphatic carbocycles. The second-order valence-electron chi connectivity index (χ2n) is 10.4. The van der Waals surface area contributed by atoms with Crippen molar-refractivity contribution < 1.29 is 24.5 Å². The number of nitrogens with one attached hydrogen (secondary N) is 1. The minimum Gasteiger partial charge on any atom is -0.392 e. The number of pyridine rings is 1. The first-order valence-corrected chi connectivity index (χ1v) is 12.9. The number of Topliss-reactive ketones (excluding diaryl/α,β-unsaturated/α-hetero) is 1. The zero-order valence-electron chi connectivity index (χ0n) is 23.0. The van der Waals surface area contributed by atoms with E-state index in [9.17, 15) is 19.8 Å². The van der Waals surface area contributed by atoms with Gasteiger partial charge in [0.15, 0.2) is 0 Å². The van der Waals surface area contributed by atoms with Gasteiger partial charge in [-0.2, -0.15) is 0 Å². The standard InChI is InChI=1S/C30H42N2O5/c1-7-8-12-24-28(35)22(4)37-17-15-20(2)13-14-25(21(3)18-23-11-9-10-16-31-23)32-27(34)19-26(33)30(5,6)29(24)36/h9-11,13,16,18,22,24-26,28,33,35H,12,14-15,17,19H2,1-6H3,(H,32,34)/b20-13-,21-18+/t22-,24-,25+,26+,28-/m1/s1. The molecule has 1 aromatic heterocycles. The van der Waals surface area contributed by atoms with Gasteiger partial charge in [0.25, 0.3) is 0 Å². The SMILES string of the molecule is CC#CC[C@H]1C(=O)C(C)(C)[C@@H](O)CC(=O)N[C@H](/C(C)=C/c2ccccn2)C/C=C(/C)CCO[C@H](C)[C@H]1O. The van der Waals surface area contributed by atoms with E-state index in [-0.39, 0.29) is 30.6 Å². The van der Waals surface area contributed by atoms with Crippen LogP contribution in [-0.4, -0.2) is 57.8 Å². The molecule has 7 nitrogen and oxygen atoms in total. The first-order valence-electron chi connectivity index (χ1n) is 12.9. The van der Waals surface area contributed by atoms with Crippen molar-refractivity contribution in [3.05, 3.63) is 47.3 Å². The van der Waals surface area contributed by atoms with Crippen LogP contribution >= 0.6 is 0 Å². The Kier molecular flexibility index (Phi) is 11.7. The number of carbonyl (C=O) groups excluding carboxylic acids is 2. The van der Waals surface area contributed by atoms with Crippen molar-refractivity contribution >= 4 is 17.8 Å². The molecule has 1 aromatic rings. The molecule has 202 valence electrons. The lowest BCUT2D eigenvalue weighted by molar-refractivity contribution is -0.146. The van der Waals surface area contributed by atoms with Crippen LogP contribution in [0.25, 0.3) is 6.08 Å². The quantitative estimate of drug-likeness (QED) is 0.421. The molecular weight excluding hydrogens is 468 g/mol. The topological polar surface area (TPSA) is 109 Å². The average molecular weight is 511 g/mol. The molecule has 3 N–H and O–H groups in total. The zero-order valence-corrected chi connectivity index (χ0v) is 23.0. The van der Waals surface area contributed by atoms with Crippen molar-refractivity contribution in [1.82, 2.24) is 10.3 Å². The molecule has 0 saturated heterocycles. The number of carbonyl (C=O) groups is 2. The summed E-state index contributed by atoms with van der Waals surface area (Å²) in [5.41, 5.74) is 1.52. The summed E-state index contributed by atoms with van der Waals surface area (Å²) in [5.74, 6) is 4.12. The van der Waals surface area contributed by atoms with Gasteiger partial charge < -0.3 is 20.3 Å². The fourth-order valence-electron chi connectivity index (χ4n) is 4.31. The summed E-state index contributed by atoms with van der Waals surface area (Å²) in [6.07, 6.45) is 3.89. The van der Waals surface area contributed by atoms with Crippen LogP contribution in [0.5, 0.6) is 0 Å². The van der Waals surface area contributed by atoms with E-state index < -0.39 is 29.6 Å². The third-order valence-electron chi connectivity index (χ3n) is 7.10. The van der Waals surface area contributed by atoms with Gasteiger partial charge in [-0.05, 0) is 64.3 Å². The highest BCUT2D eigenvalue weighted by Crippen LogP contribution is 2.32. The van der Waals surface area contributed by atoms with Crippen molar-refractivity contribution in [1.29, 1.82) is 0 Å². The molecule has 7 heteroatoms. The second-order valence-corrected chi connectivity index (χ2v) is 10.4. The molecule has 0 fully saturated rings. The van der Waals surface area contributed by atoms with Gasteiger partial charge in [-0.15, -0.1) is 11.8 Å². The second kappa shape index (κ2) is 14.2. The summed E-state index contributed by atoms with van der Waals surface area (Å²) >= 11 is 0. The van der Waals surface area contributed by atoms with Crippen LogP contribution in [0, 0.1) is 23.2 Å². The summed E-state index contributed by atoms with van der Waals surface area (Å²) in [6, 6.07) is 5.34. The number of hydrogen-bond donors (Lipinski definition) is 3. The number of nitrogens with zero attached hydrogens (tertiary/aromatic N) is 1. The lowest BCUT2D eigenvalue weighted by Crippen LogP contribution is -2.49. The normalized spacial score (nSPS) is 29.9. The number of aromatic nitrogens is 1. The van der Waals surface area contributed by atoms with Gasteiger partial charge in [0.1, 0.15) is 5.78 Å². The van der Waals surface area contributed by atoms with Gasteiger partial charge in [0.2, 0.25) is 5.91 Å². The van der Waals surface area contributed by atoms with Crippen LogP contribution in [-0.2, 0) is 14.3 Å². The van der Waals surface area contributed by atoms with Gasteiger partial charge in [-0.25, -0.2) is 0 Å². The summed E-state index contributed by atoms with van der Waals surface area (Å²) in [7, 11) is 0. The lowest BCUT2D eigenvalue weighted by atomic mass is 9.72. The van der Waals surface area contributed by atoms with Gasteiger partial charge in [0, 0.05) is 12.6 Å². The van der Waals surface area contributed by atoms with Crippen molar-refractivity contribution in [3.63, 3.8) is 0 Å². The fourth-order valence-corrected chi connectivity index (χ4v) is 4.31. The number of amides is 1. The molecule has 1 aliphatic heterocycles. The predicted molar refractivity (Wildman–Crippen MR) is 145 cm³/mol. The molecule has 1 amide bonds. The van der Waals surface area contributed by atoms with Crippen molar-refractivity contribution in [2.75, 3.05) is 6.61 Å². The van der Waals surface area contributed by atoms with Crippen LogP contribution in [0.3, 0.4) is 0 Å². The van der Waals surface area contributed by atoms with Crippen LogP contribution in [0.15, 0.2) is 41.6 Å². The number of aliphatic hydroxyl groups is 2. The van der Waals surface area contributed by atoms with Crippen LogP contribution in [0.2, 0.25) is 0 Å². The van der Waals surface area contributed by atoms with Crippen molar-refractivity contribution in [3.8, 4) is 11.8 Å². The minimum atomic E-state index is -1.28. The largest absolute Gasteiger partial charge is 0.392 e. The first kappa shape index (κ1) is 30.4. The molecule has 0 aromatic carbocycles. The molecule has 0 bridgehead atoms. The van der Waals surface area contributed by atoms with E-state index in [0.717, 1.165) is 16.8 Å². The highest BCUT2D eigenvalue weighted by molar-refractivity contribution is 5.89. The summed E-state index contributed by atoms with van der Waals surface area (Å²) in [4.78, 5) is 31.0. The van der Waals surface area contributed by atoms with Crippen LogP contribution in [0.1, 0.15) is 72.9 Å². The number of ketones is 1. The van der Waals surface area contributed by atoms with E-state index in [2.05, 4.69) is 28.2 Å². The highest BCUT2D eigenvalue weighted by Gasteiger charge is 2.43. The van der Waals surface area contributed by atoms with Crippen LogP contribution in [0.4, 0.5) is 0 Å². The smallest absolute Gasteiger partial charge is 0.223 e. The molecule has 0 unspecified atom stereocenters. The number of aliphatic hydroxyl groups excluding tert-OH is 2. The number of hydrogen-bond acceptors (Lipinski definition) is 6. The Labute approximate surface area is 221 Å². The molecule has 2 rings (SSSR count). The molecule has 0 radical (unpaired) electrons. The van der Waals surface area contributed by atoms with Crippen LogP contribution < -0.4 is 5.32 Å². The van der Waals surface area contributed by atoms with Gasteiger partial charge in [-0.3, -0.25) is 14.6 Å². The Morgan fingerprint density at radius 3 is 2.68 bits per heavy atom. The third kappa shape index (κ3) is 8.92. The van der Waals surface area contributed by atoms with E-state index in [4.69, 9.17) is 4.74 Å². The van der Waals surface area contributed by atoms with Crippen molar-refractivity contribution in [2.45, 2.75) is 91.6 Å². The predicted octanol–water partition coefficient (Wildman–Crippen LogP) is 3.85. The van der Waals surface area contributed by atoms with E-state index >= 15 is 0 Å². The minimum absolute atomic E-state index is 0.144. The molecule has 2 heterocycles. The monoisotopic (exact) mass is 510 g/mol. The maximum atomic E-state index is 13.6. The molecule has 0 saturated carbocycles. The maximum absolute atomic E-state index is 13.6. The van der Waals surface area contributed by atoms with Gasteiger partial charge in [-0.1, -0.05) is 31.6 Å². The molecular formula is C30H42N2O5. The Morgan fingerprint density at radius 2 is 2.03 bits per heavy atom. The summed E-state index contributed by atoms with van der Waals surface area (Å²) in [6.45, 7) is 11.0. The van der Waals surface area contributed by atoms with Crippen molar-refractivity contribution in [2.24, 2.45) is 11.3 Å². The molecule has 0 spiro atoms. The Hall–Kier alpha value is -2.79. The fraction of sp³-hybridized carbons (Fsp3) is 0.567. The lowest BCUT2D eigenvalue weighted by Gasteiger charge is -2.35. The summed E-state index contributed by atoms with van der Waals surface area (Å²) < 4.78 is 5.91. The maximum Gasteiger partial charge on any atom is 0.223 e. The van der Waals surface area contributed by atoms with Gasteiger partial charge >= 0.3 is 0 Å². The Morgan fingerprint density at radius 1 is 1.30 bits per heavy atom. The number of ether oxygens (including phenoxy) is 1. The third-order valence-corrected chi connectivity index (χ3v) is 7.10. The average Bonchev–Trinajstić information content (AvgIpc) is 2.86. The molecule has 5 atom stereocenters. The van der Waals surface area contributed by atoms with E-state index in [0.29, 0.717) is 19.4 Å².